The normalized spacial score (nSPS) is 18.1. The molecule has 0 bridgehead atoms. The van der Waals surface area contributed by atoms with Crippen molar-refractivity contribution < 1.29 is 36.2 Å². The van der Waals surface area contributed by atoms with Crippen molar-refractivity contribution in [1.29, 1.82) is 0 Å². The molecular formula is C37H35F6N9O2S. The van der Waals surface area contributed by atoms with Crippen LogP contribution in [0.5, 0.6) is 0 Å². The predicted molar refractivity (Wildman–Crippen MR) is 194 cm³/mol. The molecule has 4 aromatic heterocycles. The Hall–Kier alpha value is -5.23. The van der Waals surface area contributed by atoms with Gasteiger partial charge in [-0.25, -0.2) is 27.5 Å². The number of hydrogen-bond acceptors (Lipinski definition) is 9. The predicted octanol–water partition coefficient (Wildman–Crippen LogP) is 7.12. The Kier molecular flexibility index (Phi) is 8.83. The average Bonchev–Trinajstić information content (AvgIpc) is 3.77. The zero-order chi connectivity index (χ0) is 39.1. The Morgan fingerprint density at radius 2 is 1.82 bits per heavy atom. The molecule has 1 saturated carbocycles. The lowest BCUT2D eigenvalue weighted by atomic mass is 9.73. The largest absolute Gasteiger partial charge is 0.389 e. The van der Waals surface area contributed by atoms with Gasteiger partial charge in [0.05, 0.1) is 27.6 Å². The third-order valence-electron chi connectivity index (χ3n) is 10.2. The van der Waals surface area contributed by atoms with E-state index in [4.69, 9.17) is 10.7 Å². The van der Waals surface area contributed by atoms with Crippen molar-refractivity contribution in [2.75, 3.05) is 17.6 Å². The highest BCUT2D eigenvalue weighted by molar-refractivity contribution is 7.22. The van der Waals surface area contributed by atoms with E-state index in [-0.39, 0.29) is 47.7 Å². The minimum absolute atomic E-state index is 0.132. The number of benzene rings is 2. The minimum atomic E-state index is -3.47. The molecule has 6 aromatic rings. The summed E-state index contributed by atoms with van der Waals surface area (Å²) in [7, 11) is 1.70. The molecule has 3 atom stereocenters. The van der Waals surface area contributed by atoms with E-state index in [0.717, 1.165) is 12.1 Å². The van der Waals surface area contributed by atoms with Crippen LogP contribution < -0.4 is 16.4 Å². The molecule has 0 spiro atoms. The maximum atomic E-state index is 15.6. The van der Waals surface area contributed by atoms with Crippen LogP contribution in [0.1, 0.15) is 73.3 Å². The number of aryl methyl sites for hydroxylation is 1. The Morgan fingerprint density at radius 1 is 1.07 bits per heavy atom. The molecule has 18 heteroatoms. The number of aromatic nitrogens is 6. The number of carbonyl (C=O) groups is 1. The number of nitrogen functional groups attached to an aromatic ring is 1. The number of nitrogens with two attached hydrogens (primary N) is 1. The summed E-state index contributed by atoms with van der Waals surface area (Å²) < 4.78 is 91.5. The third-order valence-corrected chi connectivity index (χ3v) is 11.2. The summed E-state index contributed by atoms with van der Waals surface area (Å²) in [4.78, 5) is 23.5. The Labute approximate surface area is 313 Å². The average molecular weight is 784 g/mol. The van der Waals surface area contributed by atoms with Gasteiger partial charge in [-0.15, -0.1) is 0 Å². The number of fused-ring (bicyclic) bond motifs is 5. The fourth-order valence-corrected chi connectivity index (χ4v) is 8.65. The first-order valence-corrected chi connectivity index (χ1v) is 18.3. The van der Waals surface area contributed by atoms with Crippen molar-refractivity contribution in [1.82, 2.24) is 34.8 Å². The molecule has 2 aliphatic carbocycles. The van der Waals surface area contributed by atoms with E-state index >= 15 is 8.78 Å². The van der Waals surface area contributed by atoms with E-state index in [2.05, 4.69) is 25.8 Å². The fourth-order valence-electron chi connectivity index (χ4n) is 7.81. The standard InChI is InChI=1S/C37H35F6N9O2S/c1-36(2,54)15-45-35-48-34-25(55-35)13-22(19-5-4-6-21-30(19)51(3)50-33(21)44)28(47-34)24(11-16-9-17(38)12-18(39)10-16)46-26(53)14-52-31-27(29(49-52)32(40)41)20-7-8-23(20)37(31,42)43/h4-6,9-10,12-13,20,23-24,32,54H,7-8,11,14-15H2,1-3H3,(H2,44,50)(H,46,53)(H,45,47,48)/t20-,23+,24-/m0/s1. The van der Waals surface area contributed by atoms with Crippen LogP contribution in [0.25, 0.3) is 32.4 Å². The van der Waals surface area contributed by atoms with Crippen molar-refractivity contribution in [3.05, 3.63) is 82.3 Å². The molecule has 0 radical (unpaired) electrons. The second-order valence-corrected chi connectivity index (χ2v) is 15.8. The van der Waals surface area contributed by atoms with E-state index in [1.165, 1.54) is 11.3 Å². The van der Waals surface area contributed by atoms with Gasteiger partial charge in [-0.3, -0.25) is 14.2 Å². The number of alkyl halides is 4. The van der Waals surface area contributed by atoms with Crippen molar-refractivity contribution in [3.8, 4) is 11.1 Å². The number of halogens is 6. The molecule has 2 aromatic carbocycles. The van der Waals surface area contributed by atoms with Crippen LogP contribution in [-0.2, 0) is 30.7 Å². The van der Waals surface area contributed by atoms with E-state index in [1.807, 2.05) is 0 Å². The molecule has 8 rings (SSSR count). The number of anilines is 2. The second-order valence-electron chi connectivity index (χ2n) is 14.8. The van der Waals surface area contributed by atoms with E-state index in [0.29, 0.717) is 49.0 Å². The molecule has 4 heterocycles. The zero-order valence-corrected chi connectivity index (χ0v) is 30.5. The third kappa shape index (κ3) is 6.53. The Morgan fingerprint density at radius 3 is 2.49 bits per heavy atom. The summed E-state index contributed by atoms with van der Waals surface area (Å²) in [5.74, 6) is -7.76. The number of aliphatic hydroxyl groups is 1. The summed E-state index contributed by atoms with van der Waals surface area (Å²) in [6.45, 7) is 2.57. The van der Waals surface area contributed by atoms with Crippen LogP contribution in [0.15, 0.2) is 42.5 Å². The van der Waals surface area contributed by atoms with Crippen molar-refractivity contribution >= 4 is 49.4 Å². The maximum Gasteiger partial charge on any atom is 0.293 e. The van der Waals surface area contributed by atoms with Crippen molar-refractivity contribution in [2.24, 2.45) is 13.0 Å². The molecule has 0 unspecified atom stereocenters. The maximum absolute atomic E-state index is 15.6. The van der Waals surface area contributed by atoms with Gasteiger partial charge in [-0.2, -0.15) is 19.0 Å². The summed E-state index contributed by atoms with van der Waals surface area (Å²) in [6, 6.07) is 8.83. The smallest absolute Gasteiger partial charge is 0.293 e. The van der Waals surface area contributed by atoms with Crippen LogP contribution >= 0.6 is 11.3 Å². The molecule has 288 valence electrons. The number of para-hydroxylation sites is 1. The van der Waals surface area contributed by atoms with Gasteiger partial charge in [0.1, 0.15) is 29.6 Å². The number of thiazole rings is 1. The van der Waals surface area contributed by atoms with Crippen LogP contribution in [0.3, 0.4) is 0 Å². The quantitative estimate of drug-likeness (QED) is 0.102. The van der Waals surface area contributed by atoms with Crippen LogP contribution in [0.4, 0.5) is 37.3 Å². The van der Waals surface area contributed by atoms with Gasteiger partial charge >= 0.3 is 0 Å². The first kappa shape index (κ1) is 36.7. The van der Waals surface area contributed by atoms with E-state index < -0.39 is 71.3 Å². The molecule has 5 N–H and O–H groups in total. The number of nitrogens with zero attached hydrogens (tertiary/aromatic N) is 6. The van der Waals surface area contributed by atoms with Gasteiger partial charge in [-0.1, -0.05) is 23.5 Å². The molecule has 2 aliphatic rings. The van der Waals surface area contributed by atoms with Crippen molar-refractivity contribution in [3.63, 3.8) is 0 Å². The van der Waals surface area contributed by atoms with Gasteiger partial charge in [0.25, 0.3) is 12.3 Å². The molecule has 0 aliphatic heterocycles. The van der Waals surface area contributed by atoms with Crippen LogP contribution in [-0.4, -0.2) is 52.7 Å². The number of rotatable bonds is 11. The first-order valence-electron chi connectivity index (χ1n) is 17.5. The van der Waals surface area contributed by atoms with E-state index in [1.54, 1.807) is 49.8 Å². The van der Waals surface area contributed by atoms with Crippen LogP contribution in [0, 0.1) is 17.6 Å². The van der Waals surface area contributed by atoms with Gasteiger partial charge in [0, 0.05) is 47.7 Å². The Balaban J connectivity index is 1.26. The number of carbonyl (C=O) groups excluding carboxylic acids is 1. The first-order chi connectivity index (χ1) is 26.0. The summed E-state index contributed by atoms with van der Waals surface area (Å²) in [5.41, 5.74) is 5.72. The number of amides is 1. The summed E-state index contributed by atoms with van der Waals surface area (Å²) in [6.07, 6.45) is -2.89. The highest BCUT2D eigenvalue weighted by Gasteiger charge is 2.62. The lowest BCUT2D eigenvalue weighted by molar-refractivity contribution is -0.123. The summed E-state index contributed by atoms with van der Waals surface area (Å²) in [5, 5.41) is 25.4. The topological polar surface area (TPSA) is 149 Å². The molecule has 0 saturated heterocycles. The monoisotopic (exact) mass is 783 g/mol. The Bertz CT molecular complexity index is 2470. The SMILES string of the molecule is Cn1nc(N)c2cccc(-c3cc4sc(NCC(C)(C)O)nc4nc3[C@H](Cc3cc(F)cc(F)c3)NC(=O)Cn3nc(C(F)F)c4c3C(F)(F)[C@@H]3CC[C@H]43)c21. The lowest BCUT2D eigenvalue weighted by Gasteiger charge is -2.34. The van der Waals surface area contributed by atoms with Crippen molar-refractivity contribution in [2.45, 2.75) is 69.6 Å². The molecule has 11 nitrogen and oxygen atoms in total. The van der Waals surface area contributed by atoms with Gasteiger partial charge in [0.15, 0.2) is 16.6 Å². The zero-order valence-electron chi connectivity index (χ0n) is 29.7. The highest BCUT2D eigenvalue weighted by atomic mass is 32.1. The second kappa shape index (κ2) is 13.2. The van der Waals surface area contributed by atoms with Gasteiger partial charge in [-0.05, 0) is 68.9 Å². The van der Waals surface area contributed by atoms with Gasteiger partial charge in [0.2, 0.25) is 5.91 Å². The van der Waals surface area contributed by atoms with E-state index in [9.17, 15) is 27.5 Å². The lowest BCUT2D eigenvalue weighted by Crippen LogP contribution is -2.36. The number of nitrogens with one attached hydrogen (secondary N) is 2. The molecular weight excluding hydrogens is 749 g/mol. The molecule has 1 amide bonds. The highest BCUT2D eigenvalue weighted by Crippen LogP contribution is 2.63. The minimum Gasteiger partial charge on any atom is -0.389 e. The number of hydrogen-bond donors (Lipinski definition) is 4. The van der Waals surface area contributed by atoms with Gasteiger partial charge < -0.3 is 21.5 Å². The molecule has 55 heavy (non-hydrogen) atoms. The fraction of sp³-hybridized carbons (Fsp3) is 0.378. The summed E-state index contributed by atoms with van der Waals surface area (Å²) >= 11 is 1.25. The van der Waals surface area contributed by atoms with Crippen LogP contribution in [0.2, 0.25) is 0 Å². The number of pyridine rings is 1. The molecule has 1 fully saturated rings.